The van der Waals surface area contributed by atoms with Gasteiger partial charge in [0.05, 0.1) is 18.3 Å². The van der Waals surface area contributed by atoms with E-state index in [0.29, 0.717) is 0 Å². The van der Waals surface area contributed by atoms with Gasteiger partial charge in [-0.05, 0) is 37.5 Å². The van der Waals surface area contributed by atoms with Crippen LogP contribution in [0, 0.1) is 0 Å². The molecule has 0 saturated carbocycles. The largest absolute Gasteiger partial charge is 0.544 e. The summed E-state index contributed by atoms with van der Waals surface area (Å²) < 4.78 is 44.4. The van der Waals surface area contributed by atoms with Crippen LogP contribution in [-0.2, 0) is 25.7 Å². The second kappa shape index (κ2) is 9.93. The smallest absolute Gasteiger partial charge is 0.465 e. The number of anilines is 1. The summed E-state index contributed by atoms with van der Waals surface area (Å²) in [7, 11) is 0. The van der Waals surface area contributed by atoms with Crippen molar-refractivity contribution in [2.24, 2.45) is 0 Å². The van der Waals surface area contributed by atoms with Gasteiger partial charge in [0.2, 0.25) is 0 Å². The van der Waals surface area contributed by atoms with E-state index in [9.17, 15) is 22.8 Å². The molecule has 9 heteroatoms. The molecule has 0 radical (unpaired) electrons. The number of amides is 1. The summed E-state index contributed by atoms with van der Waals surface area (Å²) >= 11 is 0. The summed E-state index contributed by atoms with van der Waals surface area (Å²) in [6.45, 7) is 2.04. The van der Waals surface area contributed by atoms with E-state index in [1.165, 1.54) is 24.3 Å². The number of rotatable bonds is 7. The Hall–Kier alpha value is -2.91. The predicted molar refractivity (Wildman–Crippen MR) is 106 cm³/mol. The van der Waals surface area contributed by atoms with Crippen molar-refractivity contribution in [1.29, 1.82) is 0 Å². The van der Waals surface area contributed by atoms with Crippen molar-refractivity contribution < 1.29 is 32.3 Å². The van der Waals surface area contributed by atoms with Gasteiger partial charge >= 0.3 is 12.3 Å². The average molecular weight is 436 g/mol. The fraction of sp³-hybridized carbons (Fsp3) is 0.364. The number of para-hydroxylation sites is 1. The second-order valence-electron chi connectivity index (χ2n) is 7.02. The van der Waals surface area contributed by atoms with Gasteiger partial charge in [0.1, 0.15) is 6.04 Å². The number of carbonyl (C=O) groups excluding carboxylic acids is 2. The third-order valence-corrected chi connectivity index (χ3v) is 4.95. The average Bonchev–Trinajstić information content (AvgIpc) is 3.16. The highest BCUT2D eigenvalue weighted by atomic mass is 19.4. The zero-order valence-corrected chi connectivity index (χ0v) is 16.9. The van der Waals surface area contributed by atoms with Crippen LogP contribution in [0.15, 0.2) is 60.7 Å². The maximum absolute atomic E-state index is 13.3. The fourth-order valence-electron chi connectivity index (χ4n) is 3.66. The number of hydrogen-bond donors (Lipinski definition) is 0. The molecule has 1 heterocycles. The molecule has 3 rings (SSSR count). The van der Waals surface area contributed by atoms with Crippen molar-refractivity contribution in [3.63, 3.8) is 0 Å². The molecule has 0 spiro atoms. The Labute approximate surface area is 178 Å². The number of nitrogens with zero attached hydrogens (tertiary/aromatic N) is 2. The first kappa shape index (κ1) is 22.8. The molecule has 1 amide bonds. The highest BCUT2D eigenvalue weighted by Gasteiger charge is 2.46. The summed E-state index contributed by atoms with van der Waals surface area (Å²) in [6, 6.07) is 14.7. The molecule has 0 aliphatic carbocycles. The number of hydrogen-bond acceptors (Lipinski definition) is 5. The predicted octanol–water partition coefficient (Wildman–Crippen LogP) is 4.07. The lowest BCUT2D eigenvalue weighted by molar-refractivity contribution is -0.327. The lowest BCUT2D eigenvalue weighted by Gasteiger charge is -2.32. The zero-order chi connectivity index (χ0) is 22.4. The van der Waals surface area contributed by atoms with Gasteiger partial charge in [0.25, 0.3) is 5.91 Å². The Morgan fingerprint density at radius 1 is 1.00 bits per heavy atom. The molecule has 166 valence electrons. The Kier molecular flexibility index (Phi) is 7.29. The number of likely N-dealkylation sites (tertiary alicyclic amines) is 1. The van der Waals surface area contributed by atoms with Crippen molar-refractivity contribution in [3.8, 4) is 0 Å². The van der Waals surface area contributed by atoms with Crippen molar-refractivity contribution >= 4 is 17.6 Å². The van der Waals surface area contributed by atoms with E-state index in [1.807, 2.05) is 30.3 Å². The standard InChI is InChI=1S/C22H23F3N2O4/c1-2-30-21(29)19-14-13-18(26(19)15-16-9-5-3-6-10-16)20(28)27(31-22(23,24)25)17-11-7-4-8-12-17/h3-12,18-19H,2,13-15H2,1H3. The van der Waals surface area contributed by atoms with E-state index in [2.05, 4.69) is 4.84 Å². The van der Waals surface area contributed by atoms with Crippen LogP contribution in [0.5, 0.6) is 0 Å². The van der Waals surface area contributed by atoms with Gasteiger partial charge < -0.3 is 4.74 Å². The van der Waals surface area contributed by atoms with E-state index < -0.39 is 30.3 Å². The summed E-state index contributed by atoms with van der Waals surface area (Å²) in [4.78, 5) is 31.4. The van der Waals surface area contributed by atoms with Crippen LogP contribution in [0.4, 0.5) is 18.9 Å². The lowest BCUT2D eigenvalue weighted by Crippen LogP contribution is -2.50. The first-order chi connectivity index (χ1) is 14.8. The van der Waals surface area contributed by atoms with Crippen LogP contribution < -0.4 is 5.06 Å². The molecule has 1 saturated heterocycles. The van der Waals surface area contributed by atoms with Gasteiger partial charge in [0.15, 0.2) is 0 Å². The molecule has 1 aliphatic rings. The molecular weight excluding hydrogens is 413 g/mol. The highest BCUT2D eigenvalue weighted by molar-refractivity contribution is 5.96. The lowest BCUT2D eigenvalue weighted by atomic mass is 10.1. The Balaban J connectivity index is 1.92. The summed E-state index contributed by atoms with van der Waals surface area (Å²) in [5, 5.41) is 0.260. The molecule has 0 bridgehead atoms. The molecule has 0 aromatic heterocycles. The molecule has 1 fully saturated rings. The Morgan fingerprint density at radius 3 is 2.16 bits per heavy atom. The molecule has 2 unspecified atom stereocenters. The van der Waals surface area contributed by atoms with E-state index in [0.717, 1.165) is 5.56 Å². The number of carbonyl (C=O) groups is 2. The van der Waals surface area contributed by atoms with Crippen LogP contribution in [0.1, 0.15) is 25.3 Å². The number of hydroxylamine groups is 1. The molecule has 2 aromatic carbocycles. The van der Waals surface area contributed by atoms with Gasteiger partial charge in [-0.1, -0.05) is 48.5 Å². The van der Waals surface area contributed by atoms with Gasteiger partial charge in [-0.15, -0.1) is 13.2 Å². The summed E-state index contributed by atoms with van der Waals surface area (Å²) in [5.41, 5.74) is 0.767. The molecule has 2 atom stereocenters. The maximum Gasteiger partial charge on any atom is 0.544 e. The molecule has 2 aromatic rings. The SMILES string of the molecule is CCOC(=O)C1CCC(C(=O)N(OC(F)(F)F)c2ccccc2)N1Cc1ccccc1. The molecule has 1 aliphatic heterocycles. The maximum atomic E-state index is 13.3. The quantitative estimate of drug-likeness (QED) is 0.484. The third-order valence-electron chi connectivity index (χ3n) is 4.95. The normalized spacial score (nSPS) is 19.2. The van der Waals surface area contributed by atoms with Gasteiger partial charge in [-0.25, -0.2) is 0 Å². The summed E-state index contributed by atoms with van der Waals surface area (Å²) in [5.74, 6) is -1.40. The van der Waals surface area contributed by atoms with Crippen molar-refractivity contribution in [2.75, 3.05) is 11.7 Å². The number of ether oxygens (including phenoxy) is 1. The summed E-state index contributed by atoms with van der Waals surface area (Å²) in [6.07, 6.45) is -4.58. The highest BCUT2D eigenvalue weighted by Crippen LogP contribution is 2.32. The third kappa shape index (κ3) is 5.83. The van der Waals surface area contributed by atoms with Crippen molar-refractivity contribution in [1.82, 2.24) is 4.90 Å². The van der Waals surface area contributed by atoms with Gasteiger partial charge in [-0.2, -0.15) is 9.90 Å². The van der Waals surface area contributed by atoms with Gasteiger partial charge in [-0.3, -0.25) is 14.5 Å². The zero-order valence-electron chi connectivity index (χ0n) is 16.9. The second-order valence-corrected chi connectivity index (χ2v) is 7.02. The number of esters is 1. The van der Waals surface area contributed by atoms with Crippen molar-refractivity contribution in [3.05, 3.63) is 66.2 Å². The van der Waals surface area contributed by atoms with Gasteiger partial charge in [0, 0.05) is 6.54 Å². The van der Waals surface area contributed by atoms with E-state index in [4.69, 9.17) is 4.74 Å². The Morgan fingerprint density at radius 2 is 1.58 bits per heavy atom. The minimum Gasteiger partial charge on any atom is -0.465 e. The molecule has 31 heavy (non-hydrogen) atoms. The number of benzene rings is 2. The first-order valence-electron chi connectivity index (χ1n) is 9.91. The topological polar surface area (TPSA) is 59.1 Å². The van der Waals surface area contributed by atoms with E-state index in [-0.39, 0.29) is 36.7 Å². The minimum atomic E-state index is -5.06. The minimum absolute atomic E-state index is 0.0518. The fourth-order valence-corrected chi connectivity index (χ4v) is 3.66. The van der Waals surface area contributed by atoms with Crippen LogP contribution in [0.2, 0.25) is 0 Å². The molecule has 6 nitrogen and oxygen atoms in total. The molecule has 0 N–H and O–H groups in total. The van der Waals surface area contributed by atoms with E-state index in [1.54, 1.807) is 17.9 Å². The number of halogens is 3. The van der Waals surface area contributed by atoms with E-state index >= 15 is 0 Å². The van der Waals surface area contributed by atoms with Crippen LogP contribution in [0.3, 0.4) is 0 Å². The van der Waals surface area contributed by atoms with Crippen LogP contribution in [-0.4, -0.2) is 41.8 Å². The first-order valence-corrected chi connectivity index (χ1v) is 9.91. The Bertz CT molecular complexity index is 877. The van der Waals surface area contributed by atoms with Crippen LogP contribution in [0.25, 0.3) is 0 Å². The van der Waals surface area contributed by atoms with Crippen LogP contribution >= 0.6 is 0 Å². The monoisotopic (exact) mass is 436 g/mol. The number of alkyl halides is 3. The van der Waals surface area contributed by atoms with Crippen molar-refractivity contribution in [2.45, 2.75) is 44.8 Å². The molecular formula is C22H23F3N2O4.